The van der Waals surface area contributed by atoms with Crippen molar-refractivity contribution in [1.29, 1.82) is 0 Å². The van der Waals surface area contributed by atoms with Crippen LogP contribution in [0.15, 0.2) is 5.16 Å². The van der Waals surface area contributed by atoms with Gasteiger partial charge in [0, 0.05) is 11.3 Å². The lowest BCUT2D eigenvalue weighted by Crippen LogP contribution is -2.07. The van der Waals surface area contributed by atoms with E-state index in [1.54, 1.807) is 18.5 Å². The van der Waals surface area contributed by atoms with E-state index in [4.69, 9.17) is 0 Å². The summed E-state index contributed by atoms with van der Waals surface area (Å²) in [6.07, 6.45) is 2.17. The molecule has 3 rings (SSSR count). The normalized spacial score (nSPS) is 14.3. The van der Waals surface area contributed by atoms with Crippen LogP contribution in [0.2, 0.25) is 0 Å². The number of ketones is 2. The molecule has 0 atom stereocenters. The number of aryl methyl sites for hydroxylation is 1. The van der Waals surface area contributed by atoms with E-state index >= 15 is 0 Å². The molecule has 2 aromatic rings. The maximum absolute atomic E-state index is 12.4. The van der Waals surface area contributed by atoms with E-state index in [1.165, 1.54) is 18.7 Å². The fourth-order valence-electron chi connectivity index (χ4n) is 2.59. The van der Waals surface area contributed by atoms with Crippen LogP contribution in [0.5, 0.6) is 0 Å². The summed E-state index contributed by atoms with van der Waals surface area (Å²) < 4.78 is 1.78. The Hall–Kier alpha value is -1.96. The Labute approximate surface area is 131 Å². The van der Waals surface area contributed by atoms with Gasteiger partial charge in [0.2, 0.25) is 5.16 Å². The molecular formula is C14H17N5O2S. The lowest BCUT2D eigenvalue weighted by Gasteiger charge is -2.02. The Balaban J connectivity index is 1.73. The highest BCUT2D eigenvalue weighted by molar-refractivity contribution is 7.99. The number of rotatable bonds is 6. The van der Waals surface area contributed by atoms with Crippen molar-refractivity contribution in [3.63, 3.8) is 0 Å². The molecule has 1 N–H and O–H groups in total. The van der Waals surface area contributed by atoms with E-state index in [0.29, 0.717) is 22.5 Å². The lowest BCUT2D eigenvalue weighted by molar-refractivity contribution is 0.101. The molecule has 0 bridgehead atoms. The zero-order chi connectivity index (χ0) is 15.9. The topological polar surface area (TPSA) is 93.5 Å². The van der Waals surface area contributed by atoms with Gasteiger partial charge in [-0.2, -0.15) is 0 Å². The fraction of sp³-hybridized carbons (Fsp3) is 0.500. The fourth-order valence-corrected chi connectivity index (χ4v) is 3.40. The van der Waals surface area contributed by atoms with Crippen LogP contribution in [0.1, 0.15) is 57.9 Å². The summed E-state index contributed by atoms with van der Waals surface area (Å²) in [4.78, 5) is 27.1. The molecule has 0 aromatic carbocycles. The number of Topliss-reactive ketones (excluding diaryl/α,β-unsaturated/α-hetero) is 2. The van der Waals surface area contributed by atoms with Gasteiger partial charge in [-0.3, -0.25) is 9.59 Å². The molecule has 22 heavy (non-hydrogen) atoms. The number of nitrogens with one attached hydrogen (secondary N) is 1. The summed E-state index contributed by atoms with van der Waals surface area (Å²) in [5.74, 6) is 0.157. The molecular weight excluding hydrogens is 302 g/mol. The number of aromatic amines is 1. The van der Waals surface area contributed by atoms with Crippen LogP contribution in [0.4, 0.5) is 0 Å². The molecule has 8 heteroatoms. The van der Waals surface area contributed by atoms with Crippen molar-refractivity contribution in [3.8, 4) is 0 Å². The summed E-state index contributed by atoms with van der Waals surface area (Å²) in [5, 5.41) is 12.3. The number of carbonyl (C=O) groups excluding carboxylic acids is 2. The van der Waals surface area contributed by atoms with Crippen molar-refractivity contribution >= 4 is 23.3 Å². The second-order valence-corrected chi connectivity index (χ2v) is 6.47. The van der Waals surface area contributed by atoms with Crippen LogP contribution in [0.25, 0.3) is 0 Å². The highest BCUT2D eigenvalue weighted by atomic mass is 32.2. The third kappa shape index (κ3) is 2.70. The van der Waals surface area contributed by atoms with Crippen LogP contribution < -0.4 is 0 Å². The average Bonchev–Trinajstić information content (AvgIpc) is 3.11. The van der Waals surface area contributed by atoms with Crippen LogP contribution >= 0.6 is 11.8 Å². The Morgan fingerprint density at radius 3 is 2.68 bits per heavy atom. The number of tetrazole rings is 1. The number of nitrogens with zero attached hydrogens (tertiary/aromatic N) is 4. The molecule has 0 radical (unpaired) electrons. The first kappa shape index (κ1) is 15.0. The van der Waals surface area contributed by atoms with E-state index in [9.17, 15) is 9.59 Å². The summed E-state index contributed by atoms with van der Waals surface area (Å²) in [5.41, 5.74) is 2.57. The van der Waals surface area contributed by atoms with Crippen molar-refractivity contribution in [2.75, 3.05) is 5.75 Å². The summed E-state index contributed by atoms with van der Waals surface area (Å²) >= 11 is 1.33. The maximum atomic E-state index is 12.4. The third-order valence-electron chi connectivity index (χ3n) is 3.76. The van der Waals surface area contributed by atoms with Gasteiger partial charge in [0.15, 0.2) is 11.6 Å². The number of thioether (sulfide) groups is 1. The van der Waals surface area contributed by atoms with E-state index < -0.39 is 0 Å². The average molecular weight is 319 g/mol. The van der Waals surface area contributed by atoms with E-state index in [-0.39, 0.29) is 17.3 Å². The number of hydrogen-bond acceptors (Lipinski definition) is 6. The smallest absolute Gasteiger partial charge is 0.210 e. The number of hydrogen-bond donors (Lipinski definition) is 1. The van der Waals surface area contributed by atoms with E-state index in [1.807, 2.05) is 0 Å². The maximum Gasteiger partial charge on any atom is 0.210 e. The van der Waals surface area contributed by atoms with Gasteiger partial charge in [-0.25, -0.2) is 4.68 Å². The predicted octanol–water partition coefficient (Wildman–Crippen LogP) is 2.13. The van der Waals surface area contributed by atoms with E-state index in [0.717, 1.165) is 24.1 Å². The SMILES string of the molecule is CC(=O)c1c(C)[nH]c(C(=O)CSc2nnnn2C2CC2)c1C. The van der Waals surface area contributed by atoms with Gasteiger partial charge in [0.25, 0.3) is 0 Å². The quantitative estimate of drug-likeness (QED) is 0.647. The van der Waals surface area contributed by atoms with Gasteiger partial charge >= 0.3 is 0 Å². The van der Waals surface area contributed by atoms with Crippen LogP contribution in [0, 0.1) is 13.8 Å². The van der Waals surface area contributed by atoms with Crippen molar-refractivity contribution in [2.45, 2.75) is 44.8 Å². The molecule has 0 spiro atoms. The van der Waals surface area contributed by atoms with Gasteiger partial charge in [-0.05, 0) is 49.6 Å². The molecule has 1 fully saturated rings. The van der Waals surface area contributed by atoms with Crippen molar-refractivity contribution in [3.05, 3.63) is 22.5 Å². The molecule has 7 nitrogen and oxygen atoms in total. The second-order valence-electron chi connectivity index (χ2n) is 5.53. The number of aromatic nitrogens is 5. The number of carbonyl (C=O) groups is 2. The standard InChI is InChI=1S/C14H17N5O2S/c1-7-12(9(3)20)8(2)15-13(7)11(21)6-22-14-16-17-18-19(14)10-4-5-10/h10,15H,4-6H2,1-3H3. The summed E-state index contributed by atoms with van der Waals surface area (Å²) in [6.45, 7) is 5.11. The largest absolute Gasteiger partial charge is 0.355 e. The highest BCUT2D eigenvalue weighted by Gasteiger charge is 2.28. The molecule has 1 aliphatic carbocycles. The Bertz CT molecular complexity index is 744. The van der Waals surface area contributed by atoms with Crippen LogP contribution in [0.3, 0.4) is 0 Å². The molecule has 0 aliphatic heterocycles. The molecule has 116 valence electrons. The monoisotopic (exact) mass is 319 g/mol. The minimum atomic E-state index is -0.0524. The van der Waals surface area contributed by atoms with Gasteiger partial charge < -0.3 is 4.98 Å². The van der Waals surface area contributed by atoms with Crippen LogP contribution in [-0.4, -0.2) is 42.5 Å². The lowest BCUT2D eigenvalue weighted by atomic mass is 10.1. The molecule has 0 amide bonds. The highest BCUT2D eigenvalue weighted by Crippen LogP contribution is 2.36. The van der Waals surface area contributed by atoms with Crippen LogP contribution in [-0.2, 0) is 0 Å². The molecule has 2 aromatic heterocycles. The van der Waals surface area contributed by atoms with Crippen molar-refractivity contribution in [2.24, 2.45) is 0 Å². The second kappa shape index (κ2) is 5.68. The number of H-pyrrole nitrogens is 1. The summed E-state index contributed by atoms with van der Waals surface area (Å²) in [6, 6.07) is 0.381. The van der Waals surface area contributed by atoms with Crippen molar-refractivity contribution < 1.29 is 9.59 Å². The zero-order valence-corrected chi connectivity index (χ0v) is 13.5. The van der Waals surface area contributed by atoms with Gasteiger partial charge in [0.1, 0.15) is 0 Å². The summed E-state index contributed by atoms with van der Waals surface area (Å²) in [7, 11) is 0. The first-order valence-electron chi connectivity index (χ1n) is 7.13. The molecule has 1 saturated carbocycles. The minimum absolute atomic E-state index is 0.0318. The van der Waals surface area contributed by atoms with E-state index in [2.05, 4.69) is 20.5 Å². The first-order chi connectivity index (χ1) is 10.5. The molecule has 2 heterocycles. The van der Waals surface area contributed by atoms with Gasteiger partial charge in [0.05, 0.1) is 17.5 Å². The zero-order valence-electron chi connectivity index (χ0n) is 12.7. The predicted molar refractivity (Wildman–Crippen MR) is 81.4 cm³/mol. The molecule has 0 saturated heterocycles. The Kier molecular flexibility index (Phi) is 3.86. The first-order valence-corrected chi connectivity index (χ1v) is 8.11. The molecule has 0 unspecified atom stereocenters. The Morgan fingerprint density at radius 1 is 1.36 bits per heavy atom. The van der Waals surface area contributed by atoms with Gasteiger partial charge in [-0.15, -0.1) is 5.10 Å². The van der Waals surface area contributed by atoms with Crippen molar-refractivity contribution in [1.82, 2.24) is 25.2 Å². The Morgan fingerprint density at radius 2 is 2.09 bits per heavy atom. The third-order valence-corrected chi connectivity index (χ3v) is 4.69. The molecule has 1 aliphatic rings. The minimum Gasteiger partial charge on any atom is -0.355 e. The van der Waals surface area contributed by atoms with Gasteiger partial charge in [-0.1, -0.05) is 11.8 Å².